The smallest absolute Gasteiger partial charge is 0.290 e. The summed E-state index contributed by atoms with van der Waals surface area (Å²) in [6, 6.07) is 10.0. The van der Waals surface area contributed by atoms with Crippen LogP contribution in [0.2, 0.25) is 0 Å². The summed E-state index contributed by atoms with van der Waals surface area (Å²) < 4.78 is 5.34. The number of carbonyl (C=O) groups is 1. The summed E-state index contributed by atoms with van der Waals surface area (Å²) in [4.78, 5) is 8.36. The number of rotatable bonds is 3. The Bertz CT molecular complexity index is 300. The molecule has 1 unspecified atom stereocenters. The van der Waals surface area contributed by atoms with Crippen molar-refractivity contribution in [1.82, 2.24) is 0 Å². The summed E-state index contributed by atoms with van der Waals surface area (Å²) in [5.41, 5.74) is 1.16. The predicted octanol–water partition coefficient (Wildman–Crippen LogP) is 2.10. The van der Waals surface area contributed by atoms with Gasteiger partial charge in [-0.15, -0.1) is 6.42 Å². The van der Waals surface area contributed by atoms with Crippen LogP contribution in [0.15, 0.2) is 30.3 Å². The van der Waals surface area contributed by atoms with Gasteiger partial charge in [-0.3, -0.25) is 4.79 Å². The minimum atomic E-state index is -0.250. The molecule has 1 N–H and O–H groups in total. The largest absolute Gasteiger partial charge is 0.483 e. The van der Waals surface area contributed by atoms with Crippen LogP contribution in [0, 0.1) is 12.3 Å². The normalized spacial score (nSPS) is 10.4. The second kappa shape index (κ2) is 8.79. The highest BCUT2D eigenvalue weighted by molar-refractivity contribution is 5.32. The van der Waals surface area contributed by atoms with Gasteiger partial charge in [-0.05, 0) is 12.5 Å². The second-order valence-electron chi connectivity index (χ2n) is 2.67. The van der Waals surface area contributed by atoms with Crippen molar-refractivity contribution in [3.8, 4) is 12.3 Å². The summed E-state index contributed by atoms with van der Waals surface area (Å²) in [7, 11) is 0. The highest BCUT2D eigenvalue weighted by Gasteiger charge is 2.02. The standard InChI is InChI=1S/C11H12O.CH2O2/c1-3-9-12-10(2)11-7-5-4-6-8-11;2-1-3/h1,4-8,10H,9H2,2H3;1H,(H,2,3). The zero-order valence-corrected chi connectivity index (χ0v) is 8.59. The molecule has 1 aromatic rings. The summed E-state index contributed by atoms with van der Waals surface area (Å²) in [5, 5.41) is 6.89. The average molecular weight is 206 g/mol. The molecule has 0 bridgehead atoms. The molecule has 3 nitrogen and oxygen atoms in total. The topological polar surface area (TPSA) is 46.5 Å². The van der Waals surface area contributed by atoms with Crippen LogP contribution in [0.25, 0.3) is 0 Å². The maximum Gasteiger partial charge on any atom is 0.290 e. The third kappa shape index (κ3) is 6.30. The molecular formula is C12H14O3. The first-order valence-corrected chi connectivity index (χ1v) is 4.44. The van der Waals surface area contributed by atoms with Gasteiger partial charge in [0.2, 0.25) is 0 Å². The van der Waals surface area contributed by atoms with Crippen LogP contribution in [0.4, 0.5) is 0 Å². The molecule has 0 amide bonds. The molecule has 0 saturated carbocycles. The van der Waals surface area contributed by atoms with E-state index in [4.69, 9.17) is 21.1 Å². The van der Waals surface area contributed by atoms with Crippen LogP contribution in [-0.4, -0.2) is 18.2 Å². The molecule has 1 rings (SSSR count). The van der Waals surface area contributed by atoms with Gasteiger partial charge < -0.3 is 9.84 Å². The molecule has 0 aliphatic carbocycles. The van der Waals surface area contributed by atoms with Crippen molar-refractivity contribution >= 4 is 6.47 Å². The Hall–Kier alpha value is -1.79. The fourth-order valence-electron chi connectivity index (χ4n) is 0.993. The van der Waals surface area contributed by atoms with Crippen LogP contribution in [0.1, 0.15) is 18.6 Å². The first kappa shape index (κ1) is 13.2. The maximum absolute atomic E-state index is 8.36. The molecular weight excluding hydrogens is 192 g/mol. The number of hydrogen-bond acceptors (Lipinski definition) is 2. The van der Waals surface area contributed by atoms with Gasteiger partial charge in [0.1, 0.15) is 6.61 Å². The van der Waals surface area contributed by atoms with Gasteiger partial charge in [-0.1, -0.05) is 36.3 Å². The monoisotopic (exact) mass is 206 g/mol. The zero-order chi connectivity index (χ0) is 11.5. The van der Waals surface area contributed by atoms with Gasteiger partial charge in [0.25, 0.3) is 6.47 Å². The second-order valence-corrected chi connectivity index (χ2v) is 2.67. The van der Waals surface area contributed by atoms with Crippen LogP contribution >= 0.6 is 0 Å². The third-order valence-corrected chi connectivity index (χ3v) is 1.69. The van der Waals surface area contributed by atoms with Crippen molar-refractivity contribution in [3.05, 3.63) is 35.9 Å². The van der Waals surface area contributed by atoms with E-state index in [0.29, 0.717) is 6.61 Å². The van der Waals surface area contributed by atoms with Gasteiger partial charge in [-0.2, -0.15) is 0 Å². The molecule has 0 aliphatic rings. The first-order valence-electron chi connectivity index (χ1n) is 4.44. The van der Waals surface area contributed by atoms with Crippen molar-refractivity contribution in [1.29, 1.82) is 0 Å². The summed E-state index contributed by atoms with van der Waals surface area (Å²) in [6.45, 7) is 2.11. The summed E-state index contributed by atoms with van der Waals surface area (Å²) in [6.07, 6.45) is 5.17. The van der Waals surface area contributed by atoms with Crippen molar-refractivity contribution in [3.63, 3.8) is 0 Å². The van der Waals surface area contributed by atoms with Gasteiger partial charge in [0.15, 0.2) is 0 Å². The van der Waals surface area contributed by atoms with Gasteiger partial charge in [0, 0.05) is 0 Å². The summed E-state index contributed by atoms with van der Waals surface area (Å²) >= 11 is 0. The molecule has 0 aromatic heterocycles. The maximum atomic E-state index is 8.36. The molecule has 0 heterocycles. The molecule has 0 aliphatic heterocycles. The number of carboxylic acid groups (broad SMARTS) is 1. The fraction of sp³-hybridized carbons (Fsp3) is 0.250. The van der Waals surface area contributed by atoms with E-state index in [-0.39, 0.29) is 12.6 Å². The van der Waals surface area contributed by atoms with E-state index < -0.39 is 0 Å². The first-order chi connectivity index (χ1) is 7.26. The van der Waals surface area contributed by atoms with E-state index in [2.05, 4.69) is 5.92 Å². The Morgan fingerprint density at radius 3 is 2.53 bits per heavy atom. The van der Waals surface area contributed by atoms with Crippen molar-refractivity contribution < 1.29 is 14.6 Å². The highest BCUT2D eigenvalue weighted by Crippen LogP contribution is 2.14. The Kier molecular flexibility index (Phi) is 7.74. The van der Waals surface area contributed by atoms with Crippen LogP contribution in [0.5, 0.6) is 0 Å². The van der Waals surface area contributed by atoms with E-state index in [1.165, 1.54) is 0 Å². The van der Waals surface area contributed by atoms with E-state index in [9.17, 15) is 0 Å². The molecule has 1 atom stereocenters. The lowest BCUT2D eigenvalue weighted by molar-refractivity contribution is -0.122. The van der Waals surface area contributed by atoms with E-state index >= 15 is 0 Å². The van der Waals surface area contributed by atoms with E-state index in [1.807, 2.05) is 37.3 Å². The molecule has 80 valence electrons. The van der Waals surface area contributed by atoms with Gasteiger partial charge in [-0.25, -0.2) is 0 Å². The Morgan fingerprint density at radius 1 is 1.53 bits per heavy atom. The van der Waals surface area contributed by atoms with Crippen LogP contribution < -0.4 is 0 Å². The van der Waals surface area contributed by atoms with Gasteiger partial charge in [0.05, 0.1) is 6.10 Å². The molecule has 1 aromatic carbocycles. The quantitative estimate of drug-likeness (QED) is 0.608. The minimum Gasteiger partial charge on any atom is -0.483 e. The lowest BCUT2D eigenvalue weighted by Gasteiger charge is -2.10. The van der Waals surface area contributed by atoms with Crippen molar-refractivity contribution in [2.75, 3.05) is 6.61 Å². The Morgan fingerprint density at radius 2 is 2.07 bits per heavy atom. The average Bonchev–Trinajstić information content (AvgIpc) is 2.28. The molecule has 0 saturated heterocycles. The number of terminal acetylenes is 1. The van der Waals surface area contributed by atoms with Gasteiger partial charge >= 0.3 is 0 Å². The Balaban J connectivity index is 0.000000583. The lowest BCUT2D eigenvalue weighted by Crippen LogP contribution is -1.99. The third-order valence-electron chi connectivity index (χ3n) is 1.69. The fourth-order valence-corrected chi connectivity index (χ4v) is 0.993. The number of hydrogen-bond donors (Lipinski definition) is 1. The molecule has 15 heavy (non-hydrogen) atoms. The minimum absolute atomic E-state index is 0.0854. The number of ether oxygens (including phenoxy) is 1. The van der Waals surface area contributed by atoms with Crippen molar-refractivity contribution in [2.24, 2.45) is 0 Å². The van der Waals surface area contributed by atoms with E-state index in [1.54, 1.807) is 0 Å². The van der Waals surface area contributed by atoms with E-state index in [0.717, 1.165) is 5.56 Å². The SMILES string of the molecule is C#CCOC(C)c1ccccc1.O=CO. The molecule has 0 fully saturated rings. The highest BCUT2D eigenvalue weighted by atomic mass is 16.5. The number of benzene rings is 1. The van der Waals surface area contributed by atoms with Crippen LogP contribution in [-0.2, 0) is 9.53 Å². The Labute approximate surface area is 89.7 Å². The predicted molar refractivity (Wildman–Crippen MR) is 58.3 cm³/mol. The summed E-state index contributed by atoms with van der Waals surface area (Å²) in [5.74, 6) is 2.45. The lowest BCUT2D eigenvalue weighted by atomic mass is 10.1. The zero-order valence-electron chi connectivity index (χ0n) is 8.59. The molecule has 3 heteroatoms. The molecule has 0 spiro atoms. The van der Waals surface area contributed by atoms with Crippen molar-refractivity contribution in [2.45, 2.75) is 13.0 Å². The van der Waals surface area contributed by atoms with Crippen LogP contribution in [0.3, 0.4) is 0 Å². The molecule has 0 radical (unpaired) electrons.